The van der Waals surface area contributed by atoms with Gasteiger partial charge in [-0.2, -0.15) is 11.3 Å². The quantitative estimate of drug-likeness (QED) is 0.710. The van der Waals surface area contributed by atoms with Crippen LogP contribution < -0.4 is 5.32 Å². The highest BCUT2D eigenvalue weighted by atomic mass is 35.5. The molecule has 4 nitrogen and oxygen atoms in total. The number of hydrogen-bond acceptors (Lipinski definition) is 4. The molecule has 0 aliphatic rings. The molecule has 0 bridgehead atoms. The molecule has 3 rings (SSSR count). The number of thiophene rings is 1. The maximum Gasteiger partial charge on any atom is 0.255 e. The Balaban J connectivity index is 1.65. The zero-order valence-corrected chi connectivity index (χ0v) is 13.9. The molecule has 2 aromatic heterocycles. The molecule has 0 spiro atoms. The second kappa shape index (κ2) is 7.17. The first kappa shape index (κ1) is 16.7. The van der Waals surface area contributed by atoms with E-state index in [1.165, 1.54) is 23.5 Å². The third kappa shape index (κ3) is 3.51. The van der Waals surface area contributed by atoms with Gasteiger partial charge in [0.1, 0.15) is 23.4 Å². The van der Waals surface area contributed by atoms with E-state index in [2.05, 4.69) is 5.32 Å². The molecule has 0 aliphatic carbocycles. The number of halogens is 2. The molecule has 3 aromatic rings. The fraction of sp³-hybridized carbons (Fsp3) is 0.118. The molecule has 0 fully saturated rings. The normalized spacial score (nSPS) is 12.1. The topological polar surface area (TPSA) is 62.5 Å². The molecule has 2 N–H and O–H groups in total. The van der Waals surface area contributed by atoms with E-state index in [0.717, 1.165) is 11.6 Å². The molecule has 1 atom stereocenters. The SMILES string of the molecule is O=C(NC[C@H](O)c1ccc(-c2ccsc2)o1)c1c(F)cccc1Cl. The lowest BCUT2D eigenvalue weighted by Crippen LogP contribution is -2.29. The number of amides is 1. The Morgan fingerprint density at radius 3 is 2.88 bits per heavy atom. The first-order chi connectivity index (χ1) is 11.6. The molecular formula is C17H13ClFNO3S. The molecule has 0 saturated carbocycles. The largest absolute Gasteiger partial charge is 0.458 e. The number of benzene rings is 1. The van der Waals surface area contributed by atoms with Crippen molar-refractivity contribution in [2.24, 2.45) is 0 Å². The molecule has 24 heavy (non-hydrogen) atoms. The summed E-state index contributed by atoms with van der Waals surface area (Å²) in [5.74, 6) is -0.459. The minimum atomic E-state index is -1.05. The number of furan rings is 1. The highest BCUT2D eigenvalue weighted by Gasteiger charge is 2.19. The Morgan fingerprint density at radius 2 is 2.17 bits per heavy atom. The van der Waals surface area contributed by atoms with E-state index in [-0.39, 0.29) is 17.1 Å². The average Bonchev–Trinajstić information content (AvgIpc) is 3.23. The van der Waals surface area contributed by atoms with Crippen LogP contribution in [0.1, 0.15) is 22.2 Å². The van der Waals surface area contributed by atoms with E-state index < -0.39 is 17.8 Å². The maximum absolute atomic E-state index is 13.7. The van der Waals surface area contributed by atoms with Gasteiger partial charge in [0.2, 0.25) is 0 Å². The zero-order chi connectivity index (χ0) is 17.1. The van der Waals surface area contributed by atoms with E-state index >= 15 is 0 Å². The predicted octanol–water partition coefficient (Wildman–Crippen LogP) is 4.26. The summed E-state index contributed by atoms with van der Waals surface area (Å²) >= 11 is 7.38. The standard InChI is InChI=1S/C17H13ClFNO3S/c18-11-2-1-3-12(19)16(11)17(22)20-8-13(21)15-5-4-14(23-15)10-6-7-24-9-10/h1-7,9,13,21H,8H2,(H,20,22)/t13-/m0/s1. The van der Waals surface area contributed by atoms with Crippen molar-refractivity contribution in [1.29, 1.82) is 0 Å². The van der Waals surface area contributed by atoms with Gasteiger partial charge in [-0.1, -0.05) is 17.7 Å². The third-order valence-electron chi connectivity index (χ3n) is 3.41. The van der Waals surface area contributed by atoms with Gasteiger partial charge in [0.15, 0.2) is 0 Å². The molecular weight excluding hydrogens is 353 g/mol. The lowest BCUT2D eigenvalue weighted by Gasteiger charge is -2.11. The Morgan fingerprint density at radius 1 is 1.33 bits per heavy atom. The van der Waals surface area contributed by atoms with Crippen molar-refractivity contribution in [2.75, 3.05) is 6.54 Å². The van der Waals surface area contributed by atoms with Crippen molar-refractivity contribution < 1.29 is 18.7 Å². The average molecular weight is 366 g/mol. The summed E-state index contributed by atoms with van der Waals surface area (Å²) in [6, 6.07) is 9.28. The Bertz CT molecular complexity index is 827. The summed E-state index contributed by atoms with van der Waals surface area (Å²) in [5.41, 5.74) is 0.672. The number of rotatable bonds is 5. The van der Waals surface area contributed by atoms with Crippen molar-refractivity contribution in [1.82, 2.24) is 5.32 Å². The number of aliphatic hydroxyl groups is 1. The first-order valence-electron chi connectivity index (χ1n) is 7.09. The van der Waals surface area contributed by atoms with Crippen LogP contribution in [0.4, 0.5) is 4.39 Å². The van der Waals surface area contributed by atoms with Gasteiger partial charge in [-0.15, -0.1) is 0 Å². The van der Waals surface area contributed by atoms with Gasteiger partial charge in [-0.25, -0.2) is 4.39 Å². The summed E-state index contributed by atoms with van der Waals surface area (Å²) in [5, 5.41) is 16.4. The highest BCUT2D eigenvalue weighted by molar-refractivity contribution is 7.08. The van der Waals surface area contributed by atoms with Gasteiger partial charge in [-0.3, -0.25) is 4.79 Å². The summed E-state index contributed by atoms with van der Waals surface area (Å²) in [7, 11) is 0. The first-order valence-corrected chi connectivity index (χ1v) is 8.41. The molecule has 1 amide bonds. The Kier molecular flexibility index (Phi) is 4.99. The van der Waals surface area contributed by atoms with Crippen LogP contribution in [0.15, 0.2) is 51.6 Å². The lowest BCUT2D eigenvalue weighted by atomic mass is 10.2. The highest BCUT2D eigenvalue weighted by Crippen LogP contribution is 2.27. The van der Waals surface area contributed by atoms with Gasteiger partial charge < -0.3 is 14.8 Å². The molecule has 0 aliphatic heterocycles. The van der Waals surface area contributed by atoms with E-state index in [1.54, 1.807) is 12.1 Å². The van der Waals surface area contributed by atoms with E-state index in [9.17, 15) is 14.3 Å². The number of carbonyl (C=O) groups excluding carboxylic acids is 1. The van der Waals surface area contributed by atoms with Gasteiger partial charge in [0, 0.05) is 10.9 Å². The molecule has 0 unspecified atom stereocenters. The van der Waals surface area contributed by atoms with Crippen LogP contribution >= 0.6 is 22.9 Å². The van der Waals surface area contributed by atoms with Gasteiger partial charge >= 0.3 is 0 Å². The fourth-order valence-corrected chi connectivity index (χ4v) is 3.08. The minimum Gasteiger partial charge on any atom is -0.458 e. The van der Waals surface area contributed by atoms with Gasteiger partial charge in [-0.05, 0) is 35.7 Å². The molecule has 7 heteroatoms. The van der Waals surface area contributed by atoms with Crippen molar-refractivity contribution in [2.45, 2.75) is 6.10 Å². The lowest BCUT2D eigenvalue weighted by molar-refractivity contribution is 0.0898. The molecule has 1 aromatic carbocycles. The summed E-state index contributed by atoms with van der Waals surface area (Å²) in [4.78, 5) is 12.0. The predicted molar refractivity (Wildman–Crippen MR) is 90.7 cm³/mol. The summed E-state index contributed by atoms with van der Waals surface area (Å²) in [6.07, 6.45) is -1.05. The molecule has 124 valence electrons. The number of hydrogen-bond donors (Lipinski definition) is 2. The van der Waals surface area contributed by atoms with Crippen LogP contribution in [0.3, 0.4) is 0 Å². The monoisotopic (exact) mass is 365 g/mol. The minimum absolute atomic E-state index is 0.0136. The van der Waals surface area contributed by atoms with Gasteiger partial charge in [0.25, 0.3) is 5.91 Å². The number of aliphatic hydroxyl groups excluding tert-OH is 1. The number of carbonyl (C=O) groups is 1. The van der Waals surface area contributed by atoms with Crippen LogP contribution in [0.5, 0.6) is 0 Å². The van der Waals surface area contributed by atoms with Crippen molar-refractivity contribution in [3.8, 4) is 11.3 Å². The maximum atomic E-state index is 13.7. The Labute approximate surface area is 146 Å². The molecule has 0 saturated heterocycles. The second-order valence-corrected chi connectivity index (χ2v) is 6.22. The summed E-state index contributed by atoms with van der Waals surface area (Å²) < 4.78 is 19.3. The van der Waals surface area contributed by atoms with Crippen molar-refractivity contribution in [3.63, 3.8) is 0 Å². The second-order valence-electron chi connectivity index (χ2n) is 5.04. The van der Waals surface area contributed by atoms with E-state index in [1.807, 2.05) is 16.8 Å². The molecule has 0 radical (unpaired) electrons. The van der Waals surface area contributed by atoms with Crippen LogP contribution in [0, 0.1) is 5.82 Å². The van der Waals surface area contributed by atoms with Crippen molar-refractivity contribution in [3.05, 3.63) is 69.3 Å². The number of nitrogens with one attached hydrogen (secondary N) is 1. The van der Waals surface area contributed by atoms with Crippen LogP contribution in [0.25, 0.3) is 11.3 Å². The van der Waals surface area contributed by atoms with Crippen LogP contribution in [-0.2, 0) is 0 Å². The summed E-state index contributed by atoms with van der Waals surface area (Å²) in [6.45, 7) is -0.125. The van der Waals surface area contributed by atoms with Crippen molar-refractivity contribution >= 4 is 28.8 Å². The van der Waals surface area contributed by atoms with Crippen LogP contribution in [0.2, 0.25) is 5.02 Å². The van der Waals surface area contributed by atoms with Gasteiger partial charge in [0.05, 0.1) is 17.1 Å². The smallest absolute Gasteiger partial charge is 0.255 e. The fourth-order valence-electron chi connectivity index (χ4n) is 2.18. The van der Waals surface area contributed by atoms with E-state index in [0.29, 0.717) is 11.5 Å². The van der Waals surface area contributed by atoms with Crippen LogP contribution in [-0.4, -0.2) is 17.6 Å². The third-order valence-corrected chi connectivity index (χ3v) is 4.40. The zero-order valence-electron chi connectivity index (χ0n) is 12.3. The van der Waals surface area contributed by atoms with E-state index in [4.69, 9.17) is 16.0 Å². The Hall–Kier alpha value is -2.15. The molecule has 2 heterocycles.